The number of esters is 1. The zero-order valence-electron chi connectivity index (χ0n) is 16.9. The van der Waals surface area contributed by atoms with Crippen molar-refractivity contribution in [2.24, 2.45) is 0 Å². The monoisotopic (exact) mass is 453 g/mol. The first-order chi connectivity index (χ1) is 14.1. The Hall–Kier alpha value is -2.62. The number of nitrogen functional groups attached to an aromatic ring is 1. The summed E-state index contributed by atoms with van der Waals surface area (Å²) in [7, 11) is -3.69. The lowest BCUT2D eigenvalue weighted by molar-refractivity contribution is -0.119. The fourth-order valence-electron chi connectivity index (χ4n) is 2.78. The van der Waals surface area contributed by atoms with Crippen LogP contribution in [0.5, 0.6) is 0 Å². The summed E-state index contributed by atoms with van der Waals surface area (Å²) in [6, 6.07) is 8.86. The summed E-state index contributed by atoms with van der Waals surface area (Å²) in [4.78, 5) is 24.4. The van der Waals surface area contributed by atoms with Gasteiger partial charge in [0.1, 0.15) is 0 Å². The lowest BCUT2D eigenvalue weighted by atomic mass is 10.2. The molecule has 0 aliphatic rings. The standard InChI is InChI=1S/C20H24ClN3O5S/c1-4-24(5-2)30(27,28)18-11-15(8-6-13(18)3)23-19(25)12-29-20(26)16-9-7-14(21)10-17(16)22/h6-11H,4-5,12,22H2,1-3H3,(H,23,25). The molecule has 0 fully saturated rings. The number of hydrogen-bond donors (Lipinski definition) is 2. The highest BCUT2D eigenvalue weighted by Gasteiger charge is 2.24. The Bertz CT molecular complexity index is 1050. The molecule has 10 heteroatoms. The van der Waals surface area contributed by atoms with Crippen molar-refractivity contribution in [1.29, 1.82) is 0 Å². The predicted molar refractivity (Wildman–Crippen MR) is 116 cm³/mol. The van der Waals surface area contributed by atoms with Crippen LogP contribution in [-0.2, 0) is 19.6 Å². The van der Waals surface area contributed by atoms with Crippen LogP contribution in [-0.4, -0.2) is 44.3 Å². The van der Waals surface area contributed by atoms with Crippen molar-refractivity contribution in [1.82, 2.24) is 4.31 Å². The average molecular weight is 454 g/mol. The van der Waals surface area contributed by atoms with Gasteiger partial charge in [0, 0.05) is 29.5 Å². The SMILES string of the molecule is CCN(CC)S(=O)(=O)c1cc(NC(=O)COC(=O)c2ccc(Cl)cc2N)ccc1C. The molecule has 0 radical (unpaired) electrons. The Morgan fingerprint density at radius 2 is 1.80 bits per heavy atom. The van der Waals surface area contributed by atoms with Gasteiger partial charge < -0.3 is 15.8 Å². The van der Waals surface area contributed by atoms with E-state index in [1.807, 2.05) is 0 Å². The average Bonchev–Trinajstić information content (AvgIpc) is 2.68. The van der Waals surface area contributed by atoms with E-state index in [-0.39, 0.29) is 21.8 Å². The van der Waals surface area contributed by atoms with Crippen molar-refractivity contribution in [3.8, 4) is 0 Å². The maximum atomic E-state index is 12.8. The number of rotatable bonds is 8. The van der Waals surface area contributed by atoms with Gasteiger partial charge in [0.2, 0.25) is 10.0 Å². The second-order valence-corrected chi connectivity index (χ2v) is 8.77. The van der Waals surface area contributed by atoms with Crippen molar-refractivity contribution in [3.05, 3.63) is 52.5 Å². The zero-order chi connectivity index (χ0) is 22.5. The molecule has 2 aromatic carbocycles. The number of halogens is 1. The molecule has 0 aliphatic heterocycles. The van der Waals surface area contributed by atoms with Gasteiger partial charge in [-0.25, -0.2) is 13.2 Å². The van der Waals surface area contributed by atoms with Gasteiger partial charge in [-0.3, -0.25) is 4.79 Å². The van der Waals surface area contributed by atoms with Crippen molar-refractivity contribution < 1.29 is 22.7 Å². The number of carbonyl (C=O) groups is 2. The Balaban J connectivity index is 2.09. The van der Waals surface area contributed by atoms with Gasteiger partial charge in [-0.15, -0.1) is 0 Å². The molecule has 0 spiro atoms. The summed E-state index contributed by atoms with van der Waals surface area (Å²) < 4.78 is 31.9. The number of anilines is 2. The van der Waals surface area contributed by atoms with Crippen LogP contribution < -0.4 is 11.1 Å². The van der Waals surface area contributed by atoms with Gasteiger partial charge in [0.25, 0.3) is 5.91 Å². The third-order valence-electron chi connectivity index (χ3n) is 4.36. The summed E-state index contributed by atoms with van der Waals surface area (Å²) in [5.41, 5.74) is 6.79. The second kappa shape index (κ2) is 9.92. The van der Waals surface area contributed by atoms with Gasteiger partial charge in [-0.05, 0) is 42.8 Å². The molecule has 0 unspecified atom stereocenters. The van der Waals surface area contributed by atoms with Crippen molar-refractivity contribution in [2.45, 2.75) is 25.7 Å². The number of nitrogens with two attached hydrogens (primary N) is 1. The summed E-state index contributed by atoms with van der Waals surface area (Å²) in [5, 5.41) is 2.91. The first-order valence-corrected chi connectivity index (χ1v) is 11.0. The fraction of sp³-hybridized carbons (Fsp3) is 0.300. The van der Waals surface area contributed by atoms with Crippen LogP contribution in [0.4, 0.5) is 11.4 Å². The van der Waals surface area contributed by atoms with E-state index in [9.17, 15) is 18.0 Å². The van der Waals surface area contributed by atoms with E-state index in [2.05, 4.69) is 5.32 Å². The molecule has 2 aromatic rings. The first-order valence-electron chi connectivity index (χ1n) is 9.23. The highest BCUT2D eigenvalue weighted by Crippen LogP contribution is 2.24. The van der Waals surface area contributed by atoms with Crippen molar-refractivity contribution in [2.75, 3.05) is 30.7 Å². The second-order valence-electron chi connectivity index (χ2n) is 6.43. The quantitative estimate of drug-likeness (QED) is 0.468. The number of carbonyl (C=O) groups excluding carboxylic acids is 2. The van der Waals surface area contributed by atoms with Crippen molar-refractivity contribution >= 4 is 44.9 Å². The first kappa shape index (κ1) is 23.7. The van der Waals surface area contributed by atoms with Crippen LogP contribution in [0.1, 0.15) is 29.8 Å². The number of hydrogen-bond acceptors (Lipinski definition) is 6. The number of nitrogens with zero attached hydrogens (tertiary/aromatic N) is 1. The minimum Gasteiger partial charge on any atom is -0.452 e. The third-order valence-corrected chi connectivity index (χ3v) is 6.79. The molecule has 30 heavy (non-hydrogen) atoms. The van der Waals surface area contributed by atoms with Gasteiger partial charge in [0.05, 0.1) is 10.5 Å². The predicted octanol–water partition coefficient (Wildman–Crippen LogP) is 3.06. The highest BCUT2D eigenvalue weighted by atomic mass is 35.5. The summed E-state index contributed by atoms with van der Waals surface area (Å²) >= 11 is 5.79. The Kier molecular flexibility index (Phi) is 7.83. The molecule has 2 rings (SSSR count). The Morgan fingerprint density at radius 1 is 1.13 bits per heavy atom. The van der Waals surface area contributed by atoms with E-state index in [1.165, 1.54) is 28.6 Å². The molecule has 0 aromatic heterocycles. The third kappa shape index (κ3) is 5.50. The van der Waals surface area contributed by atoms with Crippen molar-refractivity contribution in [3.63, 3.8) is 0 Å². The smallest absolute Gasteiger partial charge is 0.340 e. The lowest BCUT2D eigenvalue weighted by Crippen LogP contribution is -2.31. The number of ether oxygens (including phenoxy) is 1. The topological polar surface area (TPSA) is 119 Å². The summed E-state index contributed by atoms with van der Waals surface area (Å²) in [5.74, 6) is -1.39. The molecule has 0 heterocycles. The molecule has 0 bridgehead atoms. The fourth-order valence-corrected chi connectivity index (χ4v) is 4.67. The molecule has 8 nitrogen and oxygen atoms in total. The van der Waals surface area contributed by atoms with Gasteiger partial charge >= 0.3 is 5.97 Å². The van der Waals surface area contributed by atoms with Crippen LogP contribution in [0, 0.1) is 6.92 Å². The van der Waals surface area contributed by atoms with Crippen LogP contribution in [0.2, 0.25) is 5.02 Å². The number of aryl methyl sites for hydroxylation is 1. The molecule has 162 valence electrons. The van der Waals surface area contributed by atoms with E-state index in [4.69, 9.17) is 22.1 Å². The van der Waals surface area contributed by atoms with Crippen LogP contribution >= 0.6 is 11.6 Å². The Labute approximate surface area is 181 Å². The maximum Gasteiger partial charge on any atom is 0.340 e. The molecular formula is C20H24ClN3O5S. The lowest BCUT2D eigenvalue weighted by Gasteiger charge is -2.20. The normalized spacial score (nSPS) is 11.4. The van der Waals surface area contributed by atoms with Crippen LogP contribution in [0.25, 0.3) is 0 Å². The largest absolute Gasteiger partial charge is 0.452 e. The Morgan fingerprint density at radius 3 is 2.40 bits per heavy atom. The molecule has 1 amide bonds. The molecule has 3 N–H and O–H groups in total. The van der Waals surface area contributed by atoms with E-state index in [0.29, 0.717) is 23.7 Å². The van der Waals surface area contributed by atoms with Crippen LogP contribution in [0.3, 0.4) is 0 Å². The number of amides is 1. The molecule has 0 saturated carbocycles. The zero-order valence-corrected chi connectivity index (χ0v) is 18.5. The van der Waals surface area contributed by atoms with E-state index < -0.39 is 28.5 Å². The van der Waals surface area contributed by atoms with Gasteiger partial charge in [0.15, 0.2) is 6.61 Å². The molecule has 0 aliphatic carbocycles. The minimum absolute atomic E-state index is 0.0927. The molecule has 0 saturated heterocycles. The molecule has 0 atom stereocenters. The van der Waals surface area contributed by atoms with Gasteiger partial charge in [-0.1, -0.05) is 31.5 Å². The van der Waals surface area contributed by atoms with E-state index in [0.717, 1.165) is 0 Å². The number of benzene rings is 2. The summed E-state index contributed by atoms with van der Waals surface area (Å²) in [6.07, 6.45) is 0. The number of nitrogens with one attached hydrogen (secondary N) is 1. The molecular weight excluding hydrogens is 430 g/mol. The van der Waals surface area contributed by atoms with Crippen LogP contribution in [0.15, 0.2) is 41.3 Å². The summed E-state index contributed by atoms with van der Waals surface area (Å²) in [6.45, 7) is 5.29. The van der Waals surface area contributed by atoms with E-state index >= 15 is 0 Å². The van der Waals surface area contributed by atoms with Gasteiger partial charge in [-0.2, -0.15) is 4.31 Å². The maximum absolute atomic E-state index is 12.8. The number of sulfonamides is 1. The highest BCUT2D eigenvalue weighted by molar-refractivity contribution is 7.89. The van der Waals surface area contributed by atoms with E-state index in [1.54, 1.807) is 32.9 Å². The minimum atomic E-state index is -3.69.